The smallest absolute Gasteiger partial charge is 0.416 e. The lowest BCUT2D eigenvalue weighted by Gasteiger charge is -2.49. The molecule has 2 aliphatic heterocycles. The highest BCUT2D eigenvalue weighted by Crippen LogP contribution is 2.40. The number of hydrogen-bond acceptors (Lipinski definition) is 4. The van der Waals surface area contributed by atoms with E-state index in [1.807, 2.05) is 24.3 Å². The molecule has 2 heterocycles. The van der Waals surface area contributed by atoms with Gasteiger partial charge in [-0.1, -0.05) is 0 Å². The number of carbonyl (C=O) groups is 1. The molecule has 1 saturated heterocycles. The first kappa shape index (κ1) is 21.9. The van der Waals surface area contributed by atoms with E-state index in [4.69, 9.17) is 4.74 Å². The molecule has 0 spiro atoms. The van der Waals surface area contributed by atoms with E-state index in [0.29, 0.717) is 37.5 Å². The Morgan fingerprint density at radius 1 is 1.12 bits per heavy atom. The van der Waals surface area contributed by atoms with E-state index in [1.54, 1.807) is 13.2 Å². The van der Waals surface area contributed by atoms with E-state index in [0.717, 1.165) is 42.6 Å². The third kappa shape index (κ3) is 4.48. The van der Waals surface area contributed by atoms with Crippen LogP contribution in [0.4, 0.5) is 24.5 Å². The molecule has 1 N–H and O–H groups in total. The van der Waals surface area contributed by atoms with Gasteiger partial charge >= 0.3 is 6.18 Å². The largest absolute Gasteiger partial charge is 0.497 e. The normalized spacial score (nSPS) is 22.4. The summed E-state index contributed by atoms with van der Waals surface area (Å²) < 4.78 is 45.3. The fraction of sp³-hybridized carbons (Fsp3) is 0.480. The van der Waals surface area contributed by atoms with Gasteiger partial charge in [0.15, 0.2) is 0 Å². The highest BCUT2D eigenvalue weighted by molar-refractivity contribution is 5.82. The Bertz CT molecular complexity index is 1020. The number of piperazine rings is 1. The summed E-state index contributed by atoms with van der Waals surface area (Å²) in [6, 6.07) is 11.7. The van der Waals surface area contributed by atoms with Crippen LogP contribution in [0.25, 0.3) is 0 Å². The van der Waals surface area contributed by atoms with Crippen LogP contribution in [0.2, 0.25) is 0 Å². The summed E-state index contributed by atoms with van der Waals surface area (Å²) >= 11 is 0. The van der Waals surface area contributed by atoms with E-state index < -0.39 is 17.7 Å². The monoisotopic (exact) mass is 459 g/mol. The lowest BCUT2D eigenvalue weighted by atomic mass is 9.82. The van der Waals surface area contributed by atoms with Crippen LogP contribution in [0.1, 0.15) is 24.0 Å². The van der Waals surface area contributed by atoms with Crippen molar-refractivity contribution in [1.29, 1.82) is 0 Å². The molecule has 0 aromatic heterocycles. The molecule has 0 bridgehead atoms. The molecular formula is C25H28F3N3O2. The van der Waals surface area contributed by atoms with Gasteiger partial charge in [-0.25, -0.2) is 0 Å². The highest BCUT2D eigenvalue weighted by Gasteiger charge is 2.43. The number of fused-ring (bicyclic) bond motifs is 3. The first-order valence-electron chi connectivity index (χ1n) is 11.5. The molecule has 5 nitrogen and oxygen atoms in total. The third-order valence-corrected chi connectivity index (χ3v) is 7.08. The Morgan fingerprint density at radius 2 is 1.88 bits per heavy atom. The molecule has 8 heteroatoms. The number of halogens is 3. The second-order valence-electron chi connectivity index (χ2n) is 9.25. The van der Waals surface area contributed by atoms with Crippen molar-refractivity contribution in [3.05, 3.63) is 53.6 Å². The molecule has 2 fully saturated rings. The number of nitrogens with zero attached hydrogens (tertiary/aromatic N) is 2. The molecule has 1 aliphatic carbocycles. The van der Waals surface area contributed by atoms with Crippen LogP contribution in [-0.2, 0) is 17.4 Å². The number of methoxy groups -OCH3 is 1. The van der Waals surface area contributed by atoms with E-state index in [9.17, 15) is 18.0 Å². The number of anilines is 2. The molecule has 33 heavy (non-hydrogen) atoms. The molecule has 1 amide bonds. The van der Waals surface area contributed by atoms with Crippen LogP contribution in [0.3, 0.4) is 0 Å². The molecule has 1 saturated carbocycles. The molecule has 0 unspecified atom stereocenters. The Kier molecular flexibility index (Phi) is 5.62. The SMILES string of the molecule is COc1ccc(N2CCN3c4ccc(C(F)(F)F)cc4C[C@@H](C(=O)NCC4CC4)[C@H]3C2)cc1. The fourth-order valence-electron chi connectivity index (χ4n) is 5.02. The summed E-state index contributed by atoms with van der Waals surface area (Å²) in [5.74, 6) is 0.860. The lowest BCUT2D eigenvalue weighted by molar-refractivity contribution is -0.137. The number of rotatable bonds is 5. The third-order valence-electron chi connectivity index (χ3n) is 7.08. The van der Waals surface area contributed by atoms with E-state index in [-0.39, 0.29) is 11.9 Å². The Balaban J connectivity index is 1.43. The number of alkyl halides is 3. The van der Waals surface area contributed by atoms with Gasteiger partial charge in [0.1, 0.15) is 5.75 Å². The number of carbonyl (C=O) groups excluding carboxylic acids is 1. The zero-order valence-electron chi connectivity index (χ0n) is 18.6. The van der Waals surface area contributed by atoms with Crippen molar-refractivity contribution in [2.24, 2.45) is 11.8 Å². The van der Waals surface area contributed by atoms with E-state index >= 15 is 0 Å². The van der Waals surface area contributed by atoms with Crippen molar-refractivity contribution in [3.63, 3.8) is 0 Å². The van der Waals surface area contributed by atoms with E-state index in [2.05, 4.69) is 15.1 Å². The minimum absolute atomic E-state index is 0.0588. The summed E-state index contributed by atoms with van der Waals surface area (Å²) in [6.45, 7) is 2.65. The first-order valence-corrected chi connectivity index (χ1v) is 11.5. The lowest BCUT2D eigenvalue weighted by Crippen LogP contribution is -2.61. The van der Waals surface area contributed by atoms with Crippen molar-refractivity contribution >= 4 is 17.3 Å². The molecule has 2 aromatic carbocycles. The summed E-state index contributed by atoms with van der Waals surface area (Å²) in [4.78, 5) is 17.6. The van der Waals surface area contributed by atoms with Gasteiger partial charge in [0, 0.05) is 37.6 Å². The molecule has 2 aromatic rings. The maximum Gasteiger partial charge on any atom is 0.416 e. The first-order chi connectivity index (χ1) is 15.8. The van der Waals surface area contributed by atoms with Crippen molar-refractivity contribution < 1.29 is 22.7 Å². The maximum absolute atomic E-state index is 13.3. The van der Waals surface area contributed by atoms with E-state index in [1.165, 1.54) is 6.07 Å². The molecule has 176 valence electrons. The van der Waals surface area contributed by atoms with Crippen molar-refractivity contribution in [3.8, 4) is 5.75 Å². The Morgan fingerprint density at radius 3 is 2.55 bits per heavy atom. The van der Waals surface area contributed by atoms with Gasteiger partial charge in [0.05, 0.1) is 24.6 Å². The zero-order chi connectivity index (χ0) is 23.2. The molecule has 5 rings (SSSR count). The summed E-state index contributed by atoms with van der Waals surface area (Å²) in [7, 11) is 1.63. The van der Waals surface area contributed by atoms with Crippen LogP contribution in [0, 0.1) is 11.8 Å². The maximum atomic E-state index is 13.3. The van der Waals surface area contributed by atoms with Crippen molar-refractivity contribution in [2.45, 2.75) is 31.5 Å². The molecule has 2 atom stereocenters. The van der Waals surface area contributed by atoms with Gasteiger partial charge in [0.25, 0.3) is 0 Å². The van der Waals surface area contributed by atoms with Crippen molar-refractivity contribution in [1.82, 2.24) is 5.32 Å². The molecule has 0 radical (unpaired) electrons. The van der Waals surface area contributed by atoms with Gasteiger partial charge in [-0.05, 0) is 73.2 Å². The summed E-state index contributed by atoms with van der Waals surface area (Å²) in [6.07, 6.45) is -1.83. The van der Waals surface area contributed by atoms with Crippen LogP contribution >= 0.6 is 0 Å². The quantitative estimate of drug-likeness (QED) is 0.731. The second-order valence-corrected chi connectivity index (χ2v) is 9.25. The van der Waals surface area contributed by atoms with Crippen LogP contribution in [0.15, 0.2) is 42.5 Å². The van der Waals surface area contributed by atoms with Gasteiger partial charge in [-0.3, -0.25) is 4.79 Å². The number of hydrogen-bond donors (Lipinski definition) is 1. The van der Waals surface area contributed by atoms with Gasteiger partial charge in [-0.15, -0.1) is 0 Å². The number of ether oxygens (including phenoxy) is 1. The number of benzene rings is 2. The predicted octanol–water partition coefficient (Wildman–Crippen LogP) is 4.11. The highest BCUT2D eigenvalue weighted by atomic mass is 19.4. The Hall–Kier alpha value is -2.90. The predicted molar refractivity (Wildman–Crippen MR) is 121 cm³/mol. The Labute approximate surface area is 191 Å². The minimum Gasteiger partial charge on any atom is -0.497 e. The van der Waals surface area contributed by atoms with Crippen LogP contribution in [-0.4, -0.2) is 45.2 Å². The topological polar surface area (TPSA) is 44.8 Å². The summed E-state index contributed by atoms with van der Waals surface area (Å²) in [5.41, 5.74) is 1.80. The van der Waals surface area contributed by atoms with Crippen LogP contribution in [0.5, 0.6) is 5.75 Å². The standard InChI is InChI=1S/C25H28F3N3O2/c1-33-20-7-5-19(6-8-20)30-10-11-31-22-9-4-18(25(26,27)28)12-17(22)13-21(23(31)15-30)24(32)29-14-16-2-3-16/h4-9,12,16,21,23H,2-3,10-11,13-15H2,1H3,(H,29,32)/t21-,23-/m1/s1. The van der Waals surface area contributed by atoms with Gasteiger partial charge in [-0.2, -0.15) is 13.2 Å². The van der Waals surface area contributed by atoms with Gasteiger partial charge < -0.3 is 19.9 Å². The average molecular weight is 460 g/mol. The fourth-order valence-corrected chi connectivity index (χ4v) is 5.02. The number of nitrogens with one attached hydrogen (secondary N) is 1. The molecular weight excluding hydrogens is 431 g/mol. The van der Waals surface area contributed by atoms with Crippen LogP contribution < -0.4 is 19.9 Å². The van der Waals surface area contributed by atoms with Gasteiger partial charge in [0.2, 0.25) is 5.91 Å². The molecule has 3 aliphatic rings. The summed E-state index contributed by atoms with van der Waals surface area (Å²) in [5, 5.41) is 3.07. The number of amides is 1. The average Bonchev–Trinajstić information content (AvgIpc) is 3.65. The van der Waals surface area contributed by atoms with Crippen molar-refractivity contribution in [2.75, 3.05) is 43.1 Å². The zero-order valence-corrected chi connectivity index (χ0v) is 18.6. The second kappa shape index (κ2) is 8.47. The minimum atomic E-state index is -4.40.